The van der Waals surface area contributed by atoms with Crippen LogP contribution < -0.4 is 0 Å². The molecule has 0 saturated carbocycles. The van der Waals surface area contributed by atoms with Gasteiger partial charge < -0.3 is 35.5 Å². The van der Waals surface area contributed by atoms with Gasteiger partial charge >= 0.3 is 7.32 Å². The van der Waals surface area contributed by atoms with E-state index in [4.69, 9.17) is 35.5 Å². The number of rotatable bonds is 4. The molecule has 0 aliphatic heterocycles. The van der Waals surface area contributed by atoms with Crippen LogP contribution in [0.25, 0.3) is 0 Å². The Kier molecular flexibility index (Phi) is 14.2. The summed E-state index contributed by atoms with van der Waals surface area (Å²) in [4.78, 5) is 0. The first-order valence-electron chi connectivity index (χ1n) is 6.42. The molecule has 7 N–H and O–H groups in total. The molecule has 20 heavy (non-hydrogen) atoms. The molecule has 0 heterocycles. The first-order valence-corrected chi connectivity index (χ1v) is 6.42. The molecule has 8 heteroatoms. The van der Waals surface area contributed by atoms with Crippen molar-refractivity contribution < 1.29 is 35.5 Å². The summed E-state index contributed by atoms with van der Waals surface area (Å²) in [5.74, 6) is 0. The van der Waals surface area contributed by atoms with Crippen molar-refractivity contribution in [1.29, 1.82) is 0 Å². The fourth-order valence-corrected chi connectivity index (χ4v) is 1.45. The van der Waals surface area contributed by atoms with Crippen molar-refractivity contribution in [3.05, 3.63) is 0 Å². The quantitative estimate of drug-likeness (QED) is 0.330. The molecule has 0 bridgehead atoms. The van der Waals surface area contributed by atoms with Crippen molar-refractivity contribution >= 4 is 7.32 Å². The minimum absolute atomic E-state index is 0.407. The largest absolute Gasteiger partial charge is 0.631 e. The lowest BCUT2D eigenvalue weighted by Gasteiger charge is -2.18. The molecule has 124 valence electrons. The molecule has 2 unspecified atom stereocenters. The van der Waals surface area contributed by atoms with E-state index in [1.807, 2.05) is 0 Å². The monoisotopic (exact) mass is 298 g/mol. The highest BCUT2D eigenvalue weighted by Gasteiger charge is 2.15. The van der Waals surface area contributed by atoms with Crippen LogP contribution in [-0.2, 0) is 0 Å². The Morgan fingerprint density at radius 2 is 0.900 bits per heavy atom. The summed E-state index contributed by atoms with van der Waals surface area (Å²) in [6.07, 6.45) is 0.0602. The molecule has 0 saturated heterocycles. The van der Waals surface area contributed by atoms with Gasteiger partial charge in [-0.05, 0) is 41.5 Å². The van der Waals surface area contributed by atoms with E-state index in [0.717, 1.165) is 0 Å². The van der Waals surface area contributed by atoms with Gasteiger partial charge in [-0.2, -0.15) is 0 Å². The Bertz CT molecular complexity index is 184. The van der Waals surface area contributed by atoms with E-state index in [0.29, 0.717) is 12.8 Å². The second kappa shape index (κ2) is 11.4. The van der Waals surface area contributed by atoms with E-state index in [1.165, 1.54) is 0 Å². The summed E-state index contributed by atoms with van der Waals surface area (Å²) in [6.45, 7) is 10.1. The van der Waals surface area contributed by atoms with Gasteiger partial charge in [-0.3, -0.25) is 0 Å². The lowest BCUT2D eigenvalue weighted by molar-refractivity contribution is 0.0238. The highest BCUT2D eigenvalue weighted by Crippen LogP contribution is 2.09. The fraction of sp³-hybridized carbons (Fsp3) is 1.00. The van der Waals surface area contributed by atoms with Gasteiger partial charge in [0.15, 0.2) is 0 Å². The van der Waals surface area contributed by atoms with Gasteiger partial charge in [0.05, 0.1) is 23.4 Å². The summed E-state index contributed by atoms with van der Waals surface area (Å²) < 4.78 is 0. The van der Waals surface area contributed by atoms with Crippen molar-refractivity contribution in [2.75, 3.05) is 0 Å². The summed E-state index contributed by atoms with van der Waals surface area (Å²) >= 11 is 0. The van der Waals surface area contributed by atoms with Gasteiger partial charge in [0.2, 0.25) is 0 Å². The maximum atomic E-state index is 9.03. The molecule has 0 aromatic heterocycles. The molecule has 0 fully saturated rings. The normalized spacial score (nSPS) is 14.2. The topological polar surface area (TPSA) is 142 Å². The van der Waals surface area contributed by atoms with E-state index in [9.17, 15) is 0 Å². The zero-order valence-electron chi connectivity index (χ0n) is 13.3. The molecular formula is C12H31BO7. The maximum Gasteiger partial charge on any atom is 0.631 e. The molecule has 2 atom stereocenters. The van der Waals surface area contributed by atoms with Crippen LogP contribution in [0.15, 0.2) is 0 Å². The van der Waals surface area contributed by atoms with Crippen LogP contribution in [0.2, 0.25) is 0 Å². The minimum Gasteiger partial charge on any atom is -0.402 e. The highest BCUT2D eigenvalue weighted by molar-refractivity contribution is 6.30. The lowest BCUT2D eigenvalue weighted by atomic mass is 10.0. The second-order valence-electron chi connectivity index (χ2n) is 6.08. The van der Waals surface area contributed by atoms with E-state index in [2.05, 4.69) is 0 Å². The van der Waals surface area contributed by atoms with Crippen molar-refractivity contribution in [3.8, 4) is 0 Å². The predicted octanol–water partition coefficient (Wildman–Crippen LogP) is -0.995. The van der Waals surface area contributed by atoms with Gasteiger partial charge in [-0.25, -0.2) is 0 Å². The molecule has 0 amide bonds. The van der Waals surface area contributed by atoms with Crippen LogP contribution >= 0.6 is 0 Å². The maximum absolute atomic E-state index is 9.03. The van der Waals surface area contributed by atoms with Gasteiger partial charge in [-0.15, -0.1) is 0 Å². The van der Waals surface area contributed by atoms with Crippen molar-refractivity contribution in [1.82, 2.24) is 0 Å². The molecule has 0 rings (SSSR count). The van der Waals surface area contributed by atoms with Crippen molar-refractivity contribution in [2.45, 2.75) is 77.8 Å². The Morgan fingerprint density at radius 1 is 0.750 bits per heavy atom. The van der Waals surface area contributed by atoms with Crippen LogP contribution in [-0.4, -0.2) is 66.2 Å². The van der Waals surface area contributed by atoms with E-state index in [-0.39, 0.29) is 0 Å². The number of hydrogen-bond donors (Lipinski definition) is 7. The zero-order valence-corrected chi connectivity index (χ0v) is 13.3. The summed E-state index contributed by atoms with van der Waals surface area (Å²) in [5, 5.41) is 57.0. The van der Waals surface area contributed by atoms with Crippen LogP contribution in [0.4, 0.5) is 0 Å². The Balaban J connectivity index is -0.000000230. The highest BCUT2D eigenvalue weighted by atomic mass is 16.5. The van der Waals surface area contributed by atoms with Crippen LogP contribution in [0, 0.1) is 0 Å². The van der Waals surface area contributed by atoms with Gasteiger partial charge in [-0.1, -0.05) is 0 Å². The number of aliphatic hydroxyl groups is 4. The van der Waals surface area contributed by atoms with Crippen LogP contribution in [0.3, 0.4) is 0 Å². The molecule has 0 aliphatic carbocycles. The molecule has 7 nitrogen and oxygen atoms in total. The van der Waals surface area contributed by atoms with E-state index < -0.39 is 30.7 Å². The Morgan fingerprint density at radius 3 is 0.900 bits per heavy atom. The van der Waals surface area contributed by atoms with Crippen molar-refractivity contribution in [3.63, 3.8) is 0 Å². The zero-order chi connectivity index (χ0) is 17.1. The molecular weight excluding hydrogens is 267 g/mol. The first-order chi connectivity index (χ1) is 8.57. The first kappa shape index (κ1) is 24.8. The van der Waals surface area contributed by atoms with E-state index in [1.54, 1.807) is 41.5 Å². The lowest BCUT2D eigenvalue weighted by Crippen LogP contribution is -2.24. The third-order valence-electron chi connectivity index (χ3n) is 1.59. The molecule has 0 spiro atoms. The summed E-state index contributed by atoms with van der Waals surface area (Å²) in [6, 6.07) is 0. The number of hydrogen-bond acceptors (Lipinski definition) is 7. The molecule has 0 aliphatic rings. The number of aliphatic hydroxyl groups excluding tert-OH is 2. The van der Waals surface area contributed by atoms with Gasteiger partial charge in [0, 0.05) is 12.8 Å². The van der Waals surface area contributed by atoms with E-state index >= 15 is 0 Å². The average molecular weight is 298 g/mol. The fourth-order valence-electron chi connectivity index (χ4n) is 1.45. The minimum atomic E-state index is -2.17. The van der Waals surface area contributed by atoms with Crippen LogP contribution in [0.5, 0.6) is 0 Å². The summed E-state index contributed by atoms with van der Waals surface area (Å²) in [5.41, 5.74) is -1.46. The molecule has 0 aromatic carbocycles. The Labute approximate surface area is 121 Å². The molecule has 0 radical (unpaired) electrons. The van der Waals surface area contributed by atoms with Crippen LogP contribution in [0.1, 0.15) is 54.4 Å². The standard InChI is InChI=1S/2C6H14O2.BH3O3/c2*1-5(7)4-6(2,3)8;2-1(3)4/h2*5,7-8H,4H2,1-3H3;2-4H. The summed E-state index contributed by atoms with van der Waals surface area (Å²) in [7, 11) is -2.17. The average Bonchev–Trinajstić information content (AvgIpc) is 1.90. The third kappa shape index (κ3) is 52.3. The third-order valence-corrected chi connectivity index (χ3v) is 1.59. The Hall–Kier alpha value is -0.215. The SMILES string of the molecule is CC(O)CC(C)(C)O.CC(O)CC(C)(C)O.OB(O)O. The van der Waals surface area contributed by atoms with Crippen molar-refractivity contribution in [2.24, 2.45) is 0 Å². The molecule has 0 aromatic rings. The van der Waals surface area contributed by atoms with Gasteiger partial charge in [0.25, 0.3) is 0 Å². The predicted molar refractivity (Wildman–Crippen MR) is 77.6 cm³/mol. The van der Waals surface area contributed by atoms with Gasteiger partial charge in [0.1, 0.15) is 0 Å². The smallest absolute Gasteiger partial charge is 0.402 e. The second-order valence-corrected chi connectivity index (χ2v) is 6.08.